The van der Waals surface area contributed by atoms with Crippen molar-refractivity contribution in [2.45, 2.75) is 23.8 Å². The van der Waals surface area contributed by atoms with Crippen molar-refractivity contribution in [1.29, 1.82) is 0 Å². The summed E-state index contributed by atoms with van der Waals surface area (Å²) in [5, 5.41) is 0. The van der Waals surface area contributed by atoms with Crippen LogP contribution in [-0.4, -0.2) is 12.7 Å². The Morgan fingerprint density at radius 3 is 3.00 bits per heavy atom. The molecule has 0 radical (unpaired) electrons. The van der Waals surface area contributed by atoms with E-state index in [4.69, 9.17) is 0 Å². The summed E-state index contributed by atoms with van der Waals surface area (Å²) in [6.45, 7) is 0.809. The van der Waals surface area contributed by atoms with Gasteiger partial charge in [-0.15, -0.1) is 0 Å². The number of nitrogens with zero attached hydrogens (tertiary/aromatic N) is 1. The fourth-order valence-corrected chi connectivity index (χ4v) is 3.11. The van der Waals surface area contributed by atoms with E-state index >= 15 is 0 Å². The summed E-state index contributed by atoms with van der Waals surface area (Å²) < 4.78 is 17.3. The van der Waals surface area contributed by atoms with Gasteiger partial charge in [0.2, 0.25) is 0 Å². The van der Waals surface area contributed by atoms with Crippen LogP contribution in [0.15, 0.2) is 21.5 Å². The third-order valence-electron chi connectivity index (χ3n) is 2.72. The summed E-state index contributed by atoms with van der Waals surface area (Å²) in [7, 11) is 0. The predicted molar refractivity (Wildman–Crippen MR) is 63.5 cm³/mol. The van der Waals surface area contributed by atoms with Crippen LogP contribution >= 0.6 is 27.9 Å². The number of hydrogen-bond acceptors (Lipinski definition) is 3. The van der Waals surface area contributed by atoms with Gasteiger partial charge in [-0.1, -0.05) is 0 Å². The first kappa shape index (κ1) is 9.93. The highest BCUT2D eigenvalue weighted by Crippen LogP contribution is 2.41. The third kappa shape index (κ3) is 1.77. The van der Waals surface area contributed by atoms with E-state index in [1.54, 1.807) is 18.0 Å². The van der Waals surface area contributed by atoms with Gasteiger partial charge in [0.05, 0.1) is 16.8 Å². The van der Waals surface area contributed by atoms with Crippen molar-refractivity contribution in [3.05, 3.63) is 22.4 Å². The van der Waals surface area contributed by atoms with Gasteiger partial charge < -0.3 is 4.90 Å². The molecule has 5 heteroatoms. The van der Waals surface area contributed by atoms with Gasteiger partial charge in [0.1, 0.15) is 5.82 Å². The number of rotatable bonds is 1. The lowest BCUT2D eigenvalue weighted by Crippen LogP contribution is -2.36. The van der Waals surface area contributed by atoms with Crippen molar-refractivity contribution in [3.8, 4) is 0 Å². The van der Waals surface area contributed by atoms with E-state index in [1.807, 2.05) is 6.07 Å². The Balaban J connectivity index is 2.05. The predicted octanol–water partition coefficient (Wildman–Crippen LogP) is 3.12. The summed E-state index contributed by atoms with van der Waals surface area (Å²) in [6.07, 6.45) is 2.45. The molecule has 1 heterocycles. The fraction of sp³-hybridized carbons (Fsp3) is 0.400. The lowest BCUT2D eigenvalue weighted by molar-refractivity contribution is 0.616. The molecule has 0 atom stereocenters. The smallest absolute Gasteiger partial charge is 0.139 e. The topological polar surface area (TPSA) is 15.3 Å². The zero-order valence-electron chi connectivity index (χ0n) is 7.96. The van der Waals surface area contributed by atoms with E-state index in [2.05, 4.69) is 25.6 Å². The van der Waals surface area contributed by atoms with Gasteiger partial charge in [-0.2, -0.15) is 0 Å². The number of halogens is 2. The number of nitrogens with one attached hydrogen (secondary N) is 1. The average molecular weight is 289 g/mol. The van der Waals surface area contributed by atoms with Crippen LogP contribution in [0.2, 0.25) is 0 Å². The summed E-state index contributed by atoms with van der Waals surface area (Å²) in [5.74, 6) is -0.179. The maximum absolute atomic E-state index is 13.5. The maximum atomic E-state index is 13.5. The molecule has 0 unspecified atom stereocenters. The van der Waals surface area contributed by atoms with Crippen LogP contribution in [0.5, 0.6) is 0 Å². The monoisotopic (exact) mass is 288 g/mol. The van der Waals surface area contributed by atoms with E-state index < -0.39 is 0 Å². The van der Waals surface area contributed by atoms with Gasteiger partial charge in [0.15, 0.2) is 0 Å². The molecule has 2 aliphatic rings. The molecule has 0 aromatic heterocycles. The van der Waals surface area contributed by atoms with Crippen LogP contribution in [-0.2, 0) is 0 Å². The first-order valence-corrected chi connectivity index (χ1v) is 6.52. The van der Waals surface area contributed by atoms with E-state index in [0.29, 0.717) is 10.5 Å². The second-order valence-corrected chi connectivity index (χ2v) is 5.63. The zero-order chi connectivity index (χ0) is 10.4. The van der Waals surface area contributed by atoms with Crippen LogP contribution < -0.4 is 9.62 Å². The Kier molecular flexibility index (Phi) is 2.41. The Labute approximate surface area is 100 Å². The third-order valence-corrected chi connectivity index (χ3v) is 4.14. The van der Waals surface area contributed by atoms with Gasteiger partial charge in [-0.05, 0) is 52.9 Å². The van der Waals surface area contributed by atoms with Gasteiger partial charge >= 0.3 is 0 Å². The molecule has 0 bridgehead atoms. The molecule has 80 valence electrons. The second-order valence-electron chi connectivity index (χ2n) is 3.84. The molecule has 1 fully saturated rings. The first-order chi connectivity index (χ1) is 7.25. The number of hydrogen-bond donors (Lipinski definition) is 1. The van der Waals surface area contributed by atoms with E-state index in [0.717, 1.165) is 17.3 Å². The molecule has 0 saturated heterocycles. The molecule has 1 aliphatic heterocycles. The molecule has 15 heavy (non-hydrogen) atoms. The Morgan fingerprint density at radius 1 is 1.47 bits per heavy atom. The SMILES string of the molecule is Fc1cc2c(cc1Br)SNCN2C1CC1. The van der Waals surface area contributed by atoms with Crippen LogP contribution in [0.3, 0.4) is 0 Å². The molecule has 2 nitrogen and oxygen atoms in total. The Morgan fingerprint density at radius 2 is 2.27 bits per heavy atom. The van der Waals surface area contributed by atoms with Crippen LogP contribution in [0.1, 0.15) is 12.8 Å². The number of fused-ring (bicyclic) bond motifs is 1. The Bertz CT molecular complexity index is 409. The van der Waals surface area contributed by atoms with Crippen molar-refractivity contribution in [2.24, 2.45) is 0 Å². The van der Waals surface area contributed by atoms with Gasteiger partial charge in [-0.25, -0.2) is 9.11 Å². The quantitative estimate of drug-likeness (QED) is 0.800. The molecule has 0 spiro atoms. The second kappa shape index (κ2) is 3.64. The molecule has 1 aliphatic carbocycles. The van der Waals surface area contributed by atoms with Crippen molar-refractivity contribution in [3.63, 3.8) is 0 Å². The Hall–Kier alpha value is -0.260. The van der Waals surface area contributed by atoms with Crippen LogP contribution in [0.25, 0.3) is 0 Å². The summed E-state index contributed by atoms with van der Waals surface area (Å²) >= 11 is 4.78. The van der Waals surface area contributed by atoms with Gasteiger partial charge in [-0.3, -0.25) is 0 Å². The molecule has 1 aromatic carbocycles. The van der Waals surface area contributed by atoms with Crippen molar-refractivity contribution in [2.75, 3.05) is 11.6 Å². The van der Waals surface area contributed by atoms with E-state index in [-0.39, 0.29) is 5.82 Å². The first-order valence-electron chi connectivity index (χ1n) is 4.91. The van der Waals surface area contributed by atoms with E-state index in [9.17, 15) is 4.39 Å². The molecular weight excluding hydrogens is 279 g/mol. The molecule has 1 aromatic rings. The summed E-state index contributed by atoms with van der Waals surface area (Å²) in [6, 6.07) is 4.08. The molecule has 1 N–H and O–H groups in total. The molecular formula is C10H10BrFN2S. The van der Waals surface area contributed by atoms with Crippen LogP contribution in [0, 0.1) is 5.82 Å². The largest absolute Gasteiger partial charge is 0.354 e. The number of benzene rings is 1. The highest BCUT2D eigenvalue weighted by Gasteiger charge is 2.32. The average Bonchev–Trinajstić information content (AvgIpc) is 3.02. The minimum atomic E-state index is -0.179. The normalized spacial score (nSPS) is 20.3. The van der Waals surface area contributed by atoms with Gasteiger partial charge in [0, 0.05) is 10.9 Å². The number of anilines is 1. The maximum Gasteiger partial charge on any atom is 0.139 e. The van der Waals surface area contributed by atoms with Crippen molar-refractivity contribution in [1.82, 2.24) is 4.72 Å². The molecule has 0 amide bonds. The standard InChI is InChI=1S/C10H10BrFN2S/c11-7-3-10-9(4-8(7)12)14(5-13-15-10)6-1-2-6/h3-4,6,13H,1-2,5H2. The van der Waals surface area contributed by atoms with Gasteiger partial charge in [0.25, 0.3) is 0 Å². The van der Waals surface area contributed by atoms with Crippen LogP contribution in [0.4, 0.5) is 10.1 Å². The molecule has 1 saturated carbocycles. The van der Waals surface area contributed by atoms with Crippen molar-refractivity contribution >= 4 is 33.6 Å². The minimum Gasteiger partial charge on any atom is -0.354 e. The van der Waals surface area contributed by atoms with E-state index in [1.165, 1.54) is 12.8 Å². The summed E-state index contributed by atoms with van der Waals surface area (Å²) in [5.41, 5.74) is 1.03. The highest BCUT2D eigenvalue weighted by atomic mass is 79.9. The minimum absolute atomic E-state index is 0.179. The molecule has 3 rings (SSSR count). The lowest BCUT2D eigenvalue weighted by atomic mass is 10.2. The zero-order valence-corrected chi connectivity index (χ0v) is 10.4. The lowest BCUT2D eigenvalue weighted by Gasteiger charge is -2.31. The fourth-order valence-electron chi connectivity index (χ4n) is 1.80. The summed E-state index contributed by atoms with van der Waals surface area (Å²) in [4.78, 5) is 3.35. The van der Waals surface area contributed by atoms with Crippen molar-refractivity contribution < 1.29 is 4.39 Å². The highest BCUT2D eigenvalue weighted by molar-refractivity contribution is 9.10.